The van der Waals surface area contributed by atoms with Gasteiger partial charge in [0.2, 0.25) is 0 Å². The van der Waals surface area contributed by atoms with Crippen molar-refractivity contribution in [2.45, 2.75) is 11.1 Å². The summed E-state index contributed by atoms with van der Waals surface area (Å²) in [7, 11) is 0.0583. The van der Waals surface area contributed by atoms with E-state index < -0.39 is 37.3 Å². The molecular formula is C7H2ClF5O2S. The first-order valence-corrected chi connectivity index (χ1v) is 5.86. The monoisotopic (exact) mass is 280 g/mol. The van der Waals surface area contributed by atoms with E-state index in [2.05, 4.69) is 10.7 Å². The van der Waals surface area contributed by atoms with Gasteiger partial charge in [-0.1, -0.05) is 0 Å². The molecular weight excluding hydrogens is 279 g/mol. The van der Waals surface area contributed by atoms with Crippen molar-refractivity contribution >= 4 is 19.7 Å². The van der Waals surface area contributed by atoms with Crippen LogP contribution in [-0.4, -0.2) is 8.42 Å². The second-order valence-corrected chi connectivity index (χ2v) is 5.21. The van der Waals surface area contributed by atoms with Gasteiger partial charge in [-0.05, 0) is 12.1 Å². The first-order valence-electron chi connectivity index (χ1n) is 3.55. The quantitative estimate of drug-likeness (QED) is 0.585. The van der Waals surface area contributed by atoms with E-state index in [1.54, 1.807) is 0 Å². The zero-order valence-corrected chi connectivity index (χ0v) is 8.72. The molecule has 2 nitrogen and oxygen atoms in total. The number of halogens is 6. The van der Waals surface area contributed by atoms with Gasteiger partial charge in [-0.15, -0.1) is 0 Å². The maximum atomic E-state index is 12.9. The lowest BCUT2D eigenvalue weighted by Gasteiger charge is -2.09. The van der Waals surface area contributed by atoms with Gasteiger partial charge in [-0.25, -0.2) is 17.2 Å². The molecule has 0 bridgehead atoms. The van der Waals surface area contributed by atoms with Crippen molar-refractivity contribution in [1.82, 2.24) is 0 Å². The molecule has 0 unspecified atom stereocenters. The highest BCUT2D eigenvalue weighted by Crippen LogP contribution is 2.34. The summed E-state index contributed by atoms with van der Waals surface area (Å²) in [5.41, 5.74) is -1.89. The number of hydrogen-bond donors (Lipinski definition) is 0. The summed E-state index contributed by atoms with van der Waals surface area (Å²) in [4.78, 5) is -1.33. The van der Waals surface area contributed by atoms with E-state index in [-0.39, 0.29) is 12.1 Å². The first-order chi connectivity index (χ1) is 7.05. The highest BCUT2D eigenvalue weighted by Gasteiger charge is 2.37. The molecule has 0 amide bonds. The summed E-state index contributed by atoms with van der Waals surface area (Å²) in [6.45, 7) is 0. The normalized spacial score (nSPS) is 12.9. The van der Waals surface area contributed by atoms with Gasteiger partial charge in [-0.2, -0.15) is 13.2 Å². The molecule has 16 heavy (non-hydrogen) atoms. The number of hydrogen-bond acceptors (Lipinski definition) is 2. The topological polar surface area (TPSA) is 34.1 Å². The Balaban J connectivity index is 3.54. The van der Waals surface area contributed by atoms with Crippen LogP contribution < -0.4 is 0 Å². The Hall–Kier alpha value is -0.890. The minimum absolute atomic E-state index is 0.105. The van der Waals surface area contributed by atoms with Gasteiger partial charge in [0.1, 0.15) is 4.90 Å². The number of alkyl halides is 3. The van der Waals surface area contributed by atoms with Crippen LogP contribution in [0.5, 0.6) is 0 Å². The fourth-order valence-electron chi connectivity index (χ4n) is 0.939. The molecule has 1 rings (SSSR count). The van der Waals surface area contributed by atoms with Crippen molar-refractivity contribution in [3.8, 4) is 0 Å². The Morgan fingerprint density at radius 1 is 1.06 bits per heavy atom. The summed E-state index contributed by atoms with van der Waals surface area (Å²) in [5, 5.41) is 0. The molecule has 0 aromatic heterocycles. The second kappa shape index (κ2) is 3.85. The van der Waals surface area contributed by atoms with Crippen LogP contribution in [0.15, 0.2) is 17.0 Å². The molecule has 1 aromatic rings. The van der Waals surface area contributed by atoms with Crippen LogP contribution in [0.1, 0.15) is 5.56 Å². The van der Waals surface area contributed by atoms with E-state index in [4.69, 9.17) is 0 Å². The second-order valence-electron chi connectivity index (χ2n) is 2.67. The highest BCUT2D eigenvalue weighted by atomic mass is 35.7. The fourth-order valence-corrected chi connectivity index (χ4v) is 1.83. The first kappa shape index (κ1) is 13.2. The Kier molecular flexibility index (Phi) is 3.17. The predicted molar refractivity (Wildman–Crippen MR) is 44.4 cm³/mol. The van der Waals surface area contributed by atoms with Crippen molar-refractivity contribution in [3.63, 3.8) is 0 Å². The number of benzene rings is 1. The van der Waals surface area contributed by atoms with Crippen molar-refractivity contribution in [2.24, 2.45) is 0 Å². The van der Waals surface area contributed by atoms with Crippen molar-refractivity contribution in [2.75, 3.05) is 0 Å². The van der Waals surface area contributed by atoms with Crippen LogP contribution in [0.4, 0.5) is 22.0 Å². The van der Waals surface area contributed by atoms with Crippen LogP contribution in [0, 0.1) is 11.6 Å². The molecule has 1 aromatic carbocycles. The average molecular weight is 281 g/mol. The largest absolute Gasteiger partial charge is 0.419 e. The standard InChI is InChI=1S/C7H2ClF5O2S/c8-16(14,15)4-2-1-3(7(11,12)13)5(9)6(4)10/h1-2H. The maximum absolute atomic E-state index is 12.9. The summed E-state index contributed by atoms with van der Waals surface area (Å²) < 4.78 is 83.3. The van der Waals surface area contributed by atoms with E-state index in [9.17, 15) is 30.4 Å². The van der Waals surface area contributed by atoms with Crippen molar-refractivity contribution < 1.29 is 30.4 Å². The van der Waals surface area contributed by atoms with E-state index in [1.807, 2.05) is 0 Å². The zero-order chi connectivity index (χ0) is 12.7. The minimum Gasteiger partial charge on any atom is -0.207 e. The molecule has 0 aliphatic heterocycles. The van der Waals surface area contributed by atoms with Crippen LogP contribution in [0.25, 0.3) is 0 Å². The Morgan fingerprint density at radius 2 is 1.56 bits per heavy atom. The maximum Gasteiger partial charge on any atom is 0.419 e. The van der Waals surface area contributed by atoms with Crippen LogP contribution >= 0.6 is 10.7 Å². The van der Waals surface area contributed by atoms with Crippen LogP contribution in [0.2, 0.25) is 0 Å². The van der Waals surface area contributed by atoms with Gasteiger partial charge in [0.15, 0.2) is 11.6 Å². The molecule has 0 saturated carbocycles. The summed E-state index contributed by atoms with van der Waals surface area (Å²) in [5.74, 6) is -4.45. The molecule has 0 heterocycles. The van der Waals surface area contributed by atoms with Gasteiger partial charge in [-0.3, -0.25) is 0 Å². The molecule has 0 aliphatic carbocycles. The molecule has 9 heteroatoms. The Bertz CT molecular complexity index is 522. The van der Waals surface area contributed by atoms with Gasteiger partial charge in [0.05, 0.1) is 5.56 Å². The van der Waals surface area contributed by atoms with Gasteiger partial charge in [0.25, 0.3) is 9.05 Å². The molecule has 90 valence electrons. The highest BCUT2D eigenvalue weighted by molar-refractivity contribution is 8.13. The molecule has 0 spiro atoms. The summed E-state index contributed by atoms with van der Waals surface area (Å²) in [6.07, 6.45) is -5.11. The Labute approximate surface area is 91.1 Å². The molecule has 0 aliphatic rings. The predicted octanol–water partition coefficient (Wildman–Crippen LogP) is 2.91. The fraction of sp³-hybridized carbons (Fsp3) is 0.143. The van der Waals surface area contributed by atoms with E-state index in [0.29, 0.717) is 0 Å². The van der Waals surface area contributed by atoms with Gasteiger partial charge in [0, 0.05) is 10.7 Å². The van der Waals surface area contributed by atoms with Crippen molar-refractivity contribution in [1.29, 1.82) is 0 Å². The smallest absolute Gasteiger partial charge is 0.207 e. The van der Waals surface area contributed by atoms with Gasteiger partial charge >= 0.3 is 6.18 Å². The third kappa shape index (κ3) is 2.43. The summed E-state index contributed by atoms with van der Waals surface area (Å²) in [6, 6.07) is 0.358. The SMILES string of the molecule is O=S(=O)(Cl)c1ccc(C(F)(F)F)c(F)c1F. The molecule has 0 radical (unpaired) electrons. The third-order valence-corrected chi connectivity index (χ3v) is 2.95. The van der Waals surface area contributed by atoms with Crippen molar-refractivity contribution in [3.05, 3.63) is 29.3 Å². The Morgan fingerprint density at radius 3 is 1.94 bits per heavy atom. The lowest BCUT2D eigenvalue weighted by Crippen LogP contribution is -2.11. The van der Waals surface area contributed by atoms with E-state index in [0.717, 1.165) is 0 Å². The molecule has 0 N–H and O–H groups in total. The molecule has 0 atom stereocenters. The summed E-state index contributed by atoms with van der Waals surface area (Å²) >= 11 is 0. The lowest BCUT2D eigenvalue weighted by atomic mass is 10.2. The number of rotatable bonds is 1. The average Bonchev–Trinajstić information content (AvgIpc) is 2.05. The zero-order valence-electron chi connectivity index (χ0n) is 7.15. The molecule has 0 fully saturated rings. The molecule has 0 saturated heterocycles. The van der Waals surface area contributed by atoms with Crippen LogP contribution in [0.3, 0.4) is 0 Å². The van der Waals surface area contributed by atoms with E-state index in [1.165, 1.54) is 0 Å². The van der Waals surface area contributed by atoms with Gasteiger partial charge < -0.3 is 0 Å². The van der Waals surface area contributed by atoms with Crippen LogP contribution in [-0.2, 0) is 15.2 Å². The lowest BCUT2D eigenvalue weighted by molar-refractivity contribution is -0.140. The minimum atomic E-state index is -5.11. The van der Waals surface area contributed by atoms with E-state index >= 15 is 0 Å². The third-order valence-electron chi connectivity index (χ3n) is 1.61.